The molecular formula is C27H30N2O5. The Morgan fingerprint density at radius 3 is 2.35 bits per heavy atom. The van der Waals surface area contributed by atoms with E-state index in [-0.39, 0.29) is 36.7 Å². The molecule has 7 heteroatoms. The molecule has 4 atom stereocenters. The van der Waals surface area contributed by atoms with Gasteiger partial charge < -0.3 is 20.1 Å². The Hall–Kier alpha value is -3.35. The summed E-state index contributed by atoms with van der Waals surface area (Å²) in [6.07, 6.45) is 2.34. The minimum Gasteiger partial charge on any atom is -0.480 e. The molecule has 0 spiro atoms. The summed E-state index contributed by atoms with van der Waals surface area (Å²) in [5.41, 5.74) is 4.60. The van der Waals surface area contributed by atoms with Crippen LogP contribution in [0.2, 0.25) is 0 Å². The Kier molecular flexibility index (Phi) is 6.02. The van der Waals surface area contributed by atoms with E-state index in [4.69, 9.17) is 4.74 Å². The summed E-state index contributed by atoms with van der Waals surface area (Å²) in [6, 6.07) is 15.1. The number of aliphatic carboxylic acids is 1. The first-order chi connectivity index (χ1) is 16.4. The summed E-state index contributed by atoms with van der Waals surface area (Å²) in [4.78, 5) is 38.7. The fourth-order valence-corrected chi connectivity index (χ4v) is 6.15. The average molecular weight is 463 g/mol. The van der Waals surface area contributed by atoms with E-state index in [9.17, 15) is 19.5 Å². The quantitative estimate of drug-likeness (QED) is 0.676. The smallest absolute Gasteiger partial charge is 0.407 e. The largest absolute Gasteiger partial charge is 0.480 e. The Morgan fingerprint density at radius 1 is 1.06 bits per heavy atom. The van der Waals surface area contributed by atoms with E-state index < -0.39 is 24.1 Å². The van der Waals surface area contributed by atoms with Crippen LogP contribution in [-0.4, -0.2) is 53.2 Å². The first-order valence-corrected chi connectivity index (χ1v) is 12.1. The van der Waals surface area contributed by atoms with E-state index in [0.29, 0.717) is 6.54 Å². The van der Waals surface area contributed by atoms with Crippen molar-refractivity contribution in [1.82, 2.24) is 10.2 Å². The molecule has 2 fully saturated rings. The minimum absolute atomic E-state index is 0.0320. The first kappa shape index (κ1) is 22.4. The highest BCUT2D eigenvalue weighted by molar-refractivity contribution is 5.85. The number of carbonyl (C=O) groups excluding carboxylic acids is 2. The van der Waals surface area contributed by atoms with Crippen molar-refractivity contribution >= 4 is 18.0 Å². The first-order valence-electron chi connectivity index (χ1n) is 12.1. The highest BCUT2D eigenvalue weighted by Gasteiger charge is 2.49. The topological polar surface area (TPSA) is 95.9 Å². The molecule has 178 valence electrons. The van der Waals surface area contributed by atoms with Crippen LogP contribution < -0.4 is 5.32 Å². The molecule has 2 amide bonds. The fourth-order valence-electron chi connectivity index (χ4n) is 6.15. The lowest BCUT2D eigenvalue weighted by molar-refractivity contribution is -0.149. The van der Waals surface area contributed by atoms with E-state index in [1.165, 1.54) is 4.90 Å². The average Bonchev–Trinajstić information content (AvgIpc) is 3.49. The van der Waals surface area contributed by atoms with E-state index in [1.807, 2.05) is 24.3 Å². The van der Waals surface area contributed by atoms with Crippen LogP contribution in [0, 0.1) is 11.8 Å². The molecule has 1 heterocycles. The molecule has 2 aromatic rings. The molecule has 0 aromatic heterocycles. The number of hydrogen-bond donors (Lipinski definition) is 2. The van der Waals surface area contributed by atoms with Crippen molar-refractivity contribution in [2.24, 2.45) is 11.8 Å². The monoisotopic (exact) mass is 462 g/mol. The number of likely N-dealkylation sites (tertiary alicyclic amines) is 1. The number of fused-ring (bicyclic) bond motifs is 4. The van der Waals surface area contributed by atoms with Crippen molar-refractivity contribution in [1.29, 1.82) is 0 Å². The minimum atomic E-state index is -0.931. The van der Waals surface area contributed by atoms with Crippen molar-refractivity contribution in [2.75, 3.05) is 13.2 Å². The van der Waals surface area contributed by atoms with E-state index in [1.54, 1.807) is 6.92 Å². The third-order valence-corrected chi connectivity index (χ3v) is 7.65. The standard InChI is InChI=1S/C27H30N2O5/c1-16(13-24(30)29-14-17-7-6-12-18(17)25(29)26(31)32)28-27(33)34-15-23-21-10-4-2-8-19(21)20-9-3-5-11-22(20)23/h2-5,8-11,16-18,23,25H,6-7,12-15H2,1H3,(H,28,33)(H,31,32)/t16-,17?,18?,25?/m0/s1. The maximum atomic E-state index is 12.9. The Balaban J connectivity index is 1.17. The van der Waals surface area contributed by atoms with Crippen LogP contribution in [0.3, 0.4) is 0 Å². The molecule has 1 aliphatic heterocycles. The number of alkyl carbamates (subject to hydrolysis) is 1. The molecule has 0 bridgehead atoms. The molecule has 1 saturated carbocycles. The molecule has 3 aliphatic rings. The lowest BCUT2D eigenvalue weighted by atomic mass is 9.94. The summed E-state index contributed by atoms with van der Waals surface area (Å²) in [6.45, 7) is 2.45. The van der Waals surface area contributed by atoms with Gasteiger partial charge in [0.05, 0.1) is 0 Å². The lowest BCUT2D eigenvalue weighted by Crippen LogP contribution is -2.46. The van der Waals surface area contributed by atoms with Crippen molar-refractivity contribution in [2.45, 2.75) is 50.6 Å². The van der Waals surface area contributed by atoms with Gasteiger partial charge in [-0.15, -0.1) is 0 Å². The molecule has 34 heavy (non-hydrogen) atoms. The van der Waals surface area contributed by atoms with E-state index >= 15 is 0 Å². The van der Waals surface area contributed by atoms with Gasteiger partial charge in [0.1, 0.15) is 12.6 Å². The molecule has 1 saturated heterocycles. The number of carboxylic acids is 1. The van der Waals surface area contributed by atoms with Crippen LogP contribution >= 0.6 is 0 Å². The number of nitrogens with one attached hydrogen (secondary N) is 1. The summed E-state index contributed by atoms with van der Waals surface area (Å²) >= 11 is 0. The van der Waals surface area contributed by atoms with Gasteiger partial charge in [-0.3, -0.25) is 4.79 Å². The second-order valence-electron chi connectivity index (χ2n) is 9.76. The molecule has 3 unspecified atom stereocenters. The Bertz CT molecular complexity index is 1070. The highest BCUT2D eigenvalue weighted by Crippen LogP contribution is 2.45. The van der Waals surface area contributed by atoms with Crippen molar-refractivity contribution in [3.05, 3.63) is 59.7 Å². The number of benzene rings is 2. The SMILES string of the molecule is C[C@@H](CC(=O)N1CC2CCCC2C1C(=O)O)NC(=O)OCC1c2ccccc2-c2ccccc21. The summed E-state index contributed by atoms with van der Waals surface area (Å²) < 4.78 is 5.57. The van der Waals surface area contributed by atoms with Gasteiger partial charge in [-0.25, -0.2) is 9.59 Å². The molecule has 5 rings (SSSR count). The zero-order valence-corrected chi connectivity index (χ0v) is 19.3. The van der Waals surface area contributed by atoms with Gasteiger partial charge in [-0.1, -0.05) is 55.0 Å². The van der Waals surface area contributed by atoms with Crippen LogP contribution in [0.4, 0.5) is 4.79 Å². The normalized spacial score (nSPS) is 23.7. The van der Waals surface area contributed by atoms with Gasteiger partial charge in [0.25, 0.3) is 0 Å². The number of rotatable bonds is 6. The molecule has 2 aliphatic carbocycles. The third kappa shape index (κ3) is 4.04. The number of nitrogens with zero attached hydrogens (tertiary/aromatic N) is 1. The number of hydrogen-bond acceptors (Lipinski definition) is 4. The second-order valence-corrected chi connectivity index (χ2v) is 9.76. The molecular weight excluding hydrogens is 432 g/mol. The highest BCUT2D eigenvalue weighted by atomic mass is 16.5. The Morgan fingerprint density at radius 2 is 1.71 bits per heavy atom. The third-order valence-electron chi connectivity index (χ3n) is 7.65. The van der Waals surface area contributed by atoms with Crippen molar-refractivity contribution in [3.8, 4) is 11.1 Å². The fraction of sp³-hybridized carbons (Fsp3) is 0.444. The zero-order valence-electron chi connectivity index (χ0n) is 19.3. The van der Waals surface area contributed by atoms with E-state index in [2.05, 4.69) is 29.6 Å². The summed E-state index contributed by atoms with van der Waals surface area (Å²) in [7, 11) is 0. The van der Waals surface area contributed by atoms with Crippen LogP contribution in [0.25, 0.3) is 11.1 Å². The van der Waals surface area contributed by atoms with Gasteiger partial charge in [-0.2, -0.15) is 0 Å². The number of ether oxygens (including phenoxy) is 1. The summed E-state index contributed by atoms with van der Waals surface area (Å²) in [5.74, 6) is -0.870. The van der Waals surface area contributed by atoms with Crippen molar-refractivity contribution in [3.63, 3.8) is 0 Å². The Labute approximate surface area is 199 Å². The lowest BCUT2D eigenvalue weighted by Gasteiger charge is -2.26. The predicted octanol–water partition coefficient (Wildman–Crippen LogP) is 4.02. The maximum Gasteiger partial charge on any atom is 0.407 e. The summed E-state index contributed by atoms with van der Waals surface area (Å²) in [5, 5.41) is 12.4. The number of carboxylic acid groups (broad SMARTS) is 1. The number of carbonyl (C=O) groups is 3. The van der Waals surface area contributed by atoms with Crippen LogP contribution in [0.5, 0.6) is 0 Å². The van der Waals surface area contributed by atoms with Crippen LogP contribution in [-0.2, 0) is 14.3 Å². The second kappa shape index (κ2) is 9.12. The van der Waals surface area contributed by atoms with Gasteiger partial charge >= 0.3 is 12.1 Å². The number of amides is 2. The predicted molar refractivity (Wildman–Crippen MR) is 126 cm³/mol. The van der Waals surface area contributed by atoms with Gasteiger partial charge in [0.15, 0.2) is 0 Å². The molecule has 2 aromatic carbocycles. The molecule has 0 radical (unpaired) electrons. The van der Waals surface area contributed by atoms with Gasteiger partial charge in [0, 0.05) is 24.9 Å². The zero-order chi connectivity index (χ0) is 23.8. The van der Waals surface area contributed by atoms with Crippen LogP contribution in [0.15, 0.2) is 48.5 Å². The van der Waals surface area contributed by atoms with Gasteiger partial charge in [0.2, 0.25) is 5.91 Å². The van der Waals surface area contributed by atoms with Crippen LogP contribution in [0.1, 0.15) is 49.7 Å². The van der Waals surface area contributed by atoms with Crippen molar-refractivity contribution < 1.29 is 24.2 Å². The van der Waals surface area contributed by atoms with E-state index in [0.717, 1.165) is 41.5 Å². The maximum absolute atomic E-state index is 12.9. The van der Waals surface area contributed by atoms with Gasteiger partial charge in [-0.05, 0) is 53.9 Å². The molecule has 7 nitrogen and oxygen atoms in total. The molecule has 2 N–H and O–H groups in total.